The van der Waals surface area contributed by atoms with Gasteiger partial charge in [0.25, 0.3) is 17.7 Å². The fourth-order valence-electron chi connectivity index (χ4n) is 9.38. The van der Waals surface area contributed by atoms with Crippen LogP contribution >= 0.6 is 0 Å². The molecule has 1 spiro atoms. The van der Waals surface area contributed by atoms with Crippen LogP contribution in [0.5, 0.6) is 0 Å². The third-order valence-corrected chi connectivity index (χ3v) is 13.1. The van der Waals surface area contributed by atoms with Crippen molar-refractivity contribution in [1.29, 1.82) is 0 Å². The van der Waals surface area contributed by atoms with Gasteiger partial charge in [0.15, 0.2) is 17.2 Å². The van der Waals surface area contributed by atoms with Crippen molar-refractivity contribution in [1.82, 2.24) is 40.0 Å². The lowest BCUT2D eigenvalue weighted by Crippen LogP contribution is -2.70. The summed E-state index contributed by atoms with van der Waals surface area (Å²) in [5.41, 5.74) is 4.69. The molecule has 1 aliphatic carbocycles. The summed E-state index contributed by atoms with van der Waals surface area (Å²) < 4.78 is 62.1. The number of hydrogen-bond acceptors (Lipinski definition) is 10. The lowest BCUT2D eigenvalue weighted by atomic mass is 9.69. The largest absolute Gasteiger partial charge is 0.385 e. The Morgan fingerprint density at radius 2 is 1.75 bits per heavy atom. The molecule has 2 atom stereocenters. The van der Waals surface area contributed by atoms with Crippen molar-refractivity contribution in [3.05, 3.63) is 94.7 Å². The number of amides is 5. The quantitative estimate of drug-likeness (QED) is 0.167. The van der Waals surface area contributed by atoms with Gasteiger partial charge in [-0.05, 0) is 55.2 Å². The third-order valence-electron chi connectivity index (χ3n) is 13.1. The van der Waals surface area contributed by atoms with Crippen molar-refractivity contribution < 1.29 is 36.7 Å². The Morgan fingerprint density at radius 3 is 2.46 bits per heavy atom. The van der Waals surface area contributed by atoms with Gasteiger partial charge in [-0.3, -0.25) is 34.5 Å². The molecule has 19 heteroatoms. The van der Waals surface area contributed by atoms with Gasteiger partial charge in [0.05, 0.1) is 41.3 Å². The maximum atomic E-state index is 16.0. The first-order chi connectivity index (χ1) is 30.2. The van der Waals surface area contributed by atoms with Gasteiger partial charge >= 0.3 is 6.03 Å². The molecule has 3 aromatic heterocycles. The van der Waals surface area contributed by atoms with Gasteiger partial charge in [-0.15, -0.1) is 5.10 Å². The molecule has 0 bridgehead atoms. The lowest BCUT2D eigenvalue weighted by molar-refractivity contribution is -0.220. The second-order valence-electron chi connectivity index (χ2n) is 17.1. The number of alkyl halides is 3. The predicted molar refractivity (Wildman–Crippen MR) is 224 cm³/mol. The van der Waals surface area contributed by atoms with Gasteiger partial charge < -0.3 is 20.4 Å². The van der Waals surface area contributed by atoms with Crippen molar-refractivity contribution in [2.45, 2.75) is 57.3 Å². The van der Waals surface area contributed by atoms with Crippen molar-refractivity contribution in [2.75, 3.05) is 61.4 Å². The Kier molecular flexibility index (Phi) is 9.65. The second kappa shape index (κ2) is 15.0. The first-order valence-electron chi connectivity index (χ1n) is 20.9. The van der Waals surface area contributed by atoms with Crippen molar-refractivity contribution in [3.8, 4) is 11.3 Å². The molecule has 63 heavy (non-hydrogen) atoms. The maximum Gasteiger partial charge on any atom is 0.328 e. The number of anilines is 4. The zero-order chi connectivity index (χ0) is 43.9. The van der Waals surface area contributed by atoms with Gasteiger partial charge in [0.1, 0.15) is 12.0 Å². The molecule has 3 saturated heterocycles. The fraction of sp³-hybridized carbons (Fsp3) is 0.386. The number of carbonyl (C=O) groups excluding carboxylic acids is 4. The molecule has 5 amide bonds. The Balaban J connectivity index is 0.793. The maximum absolute atomic E-state index is 16.0. The lowest BCUT2D eigenvalue weighted by Gasteiger charge is -2.57. The van der Waals surface area contributed by atoms with Crippen LogP contribution in [-0.2, 0) is 17.8 Å². The van der Waals surface area contributed by atoms with Crippen LogP contribution in [0.1, 0.15) is 56.8 Å². The first-order valence-corrected chi connectivity index (χ1v) is 20.9. The van der Waals surface area contributed by atoms with Crippen LogP contribution in [0.15, 0.2) is 60.9 Å². The molecule has 0 radical (unpaired) electrons. The molecule has 326 valence electrons. The monoisotopic (exact) mass is 865 g/mol. The Labute approximate surface area is 358 Å². The minimum atomic E-state index is -3.21. The smallest absolute Gasteiger partial charge is 0.328 e. The van der Waals surface area contributed by atoms with E-state index in [0.29, 0.717) is 43.1 Å². The van der Waals surface area contributed by atoms with Crippen LogP contribution in [-0.4, -0.2) is 118 Å². The van der Waals surface area contributed by atoms with Gasteiger partial charge in [-0.2, -0.15) is 0 Å². The summed E-state index contributed by atoms with van der Waals surface area (Å²) in [6.07, 6.45) is 3.22. The van der Waals surface area contributed by atoms with Crippen molar-refractivity contribution >= 4 is 52.3 Å². The number of halogens is 4. The van der Waals surface area contributed by atoms with E-state index in [4.69, 9.17) is 10.1 Å². The van der Waals surface area contributed by atoms with E-state index < -0.39 is 59.7 Å². The molecule has 5 aliphatic rings. The second-order valence-corrected chi connectivity index (χ2v) is 17.1. The summed E-state index contributed by atoms with van der Waals surface area (Å²) in [6.45, 7) is 2.00. The molecule has 2 aromatic carbocycles. The highest BCUT2D eigenvalue weighted by Gasteiger charge is 2.62. The highest BCUT2D eigenvalue weighted by molar-refractivity contribution is 6.06. The number of aromatic nitrogens is 4. The zero-order valence-electron chi connectivity index (χ0n) is 34.4. The van der Waals surface area contributed by atoms with Crippen molar-refractivity contribution in [2.24, 2.45) is 5.41 Å². The Hall–Kier alpha value is -6.63. The Bertz CT molecular complexity index is 2720. The summed E-state index contributed by atoms with van der Waals surface area (Å²) in [7, 11) is 1.76. The summed E-state index contributed by atoms with van der Waals surface area (Å²) >= 11 is 0. The summed E-state index contributed by atoms with van der Waals surface area (Å²) in [5.74, 6) is -5.03. The zero-order valence-corrected chi connectivity index (χ0v) is 34.4. The summed E-state index contributed by atoms with van der Waals surface area (Å²) in [6, 6.07) is 12.8. The summed E-state index contributed by atoms with van der Waals surface area (Å²) in [5, 5.41) is 12.8. The molecule has 0 unspecified atom stereocenters. The van der Waals surface area contributed by atoms with E-state index in [2.05, 4.69) is 25.8 Å². The molecule has 3 N–H and O–H groups in total. The molecule has 5 aromatic rings. The minimum absolute atomic E-state index is 0.00112. The third kappa shape index (κ3) is 6.98. The molecular formula is C44H43F4N11O4. The average molecular weight is 866 g/mol. The fourth-order valence-corrected chi connectivity index (χ4v) is 9.38. The molecular weight excluding hydrogens is 823 g/mol. The number of carbonyl (C=O) groups is 4. The van der Waals surface area contributed by atoms with Crippen LogP contribution in [0.4, 0.5) is 45.2 Å². The topological polar surface area (TPSA) is 160 Å². The van der Waals surface area contributed by atoms with E-state index in [0.717, 1.165) is 39.0 Å². The highest BCUT2D eigenvalue weighted by atomic mass is 19.3. The number of fused-ring (bicyclic) bond motifs is 2. The number of piperidine rings is 1. The molecule has 1 saturated carbocycles. The number of likely N-dealkylation sites (tertiary alicyclic amines) is 2. The number of nitrogens with one attached hydrogen (secondary N) is 3. The standard InChI is InChI=1S/C44H43F4N11O4/c1-24-29(45)14-26(15-35(24)58-12-9-38(60)53-42(58)63)41(62)56-13-10-43(44(47,48)23-56)21-55(22-43)20-25-6-7-31(50-18-25)27-4-3-5-34-28(27)8-11-57(34)37-17-33(49-2)39-51-19-36(59(39)54-37)40(61)52-32-16-30(32)46/h3-7,14-15,17-19,30,32,49H,8-13,16,20-23H2,1-2H3,(H,52,61)(H,53,60,63)/t30-,32+/m0/s1. The predicted octanol–water partition coefficient (Wildman–Crippen LogP) is 5.24. The number of pyridine rings is 1. The van der Waals surface area contributed by atoms with Gasteiger partial charge in [0.2, 0.25) is 5.91 Å². The van der Waals surface area contributed by atoms with E-state index in [9.17, 15) is 23.6 Å². The van der Waals surface area contributed by atoms with E-state index in [1.54, 1.807) is 13.2 Å². The van der Waals surface area contributed by atoms with Crippen LogP contribution in [0.3, 0.4) is 0 Å². The number of rotatable bonds is 9. The van der Waals surface area contributed by atoms with Crippen LogP contribution in [0, 0.1) is 18.2 Å². The SMILES string of the molecule is CNc1cc(N2CCc3c(-c4ccc(CN5CC6(CCN(C(=O)c7cc(F)c(C)c(N8CCC(=O)NC8=O)c7)CC6(F)F)C5)cn4)cccc32)nn2c(C(=O)N[C@@H]3C[C@@H]3F)cnc12. The van der Waals surface area contributed by atoms with E-state index in [1.165, 1.54) is 28.6 Å². The van der Waals surface area contributed by atoms with Gasteiger partial charge in [0, 0.05) is 93.8 Å². The Morgan fingerprint density at radius 1 is 0.952 bits per heavy atom. The molecule has 4 fully saturated rings. The minimum Gasteiger partial charge on any atom is -0.385 e. The molecule has 10 rings (SSSR count). The van der Waals surface area contributed by atoms with Crippen molar-refractivity contribution in [3.63, 3.8) is 0 Å². The molecule has 4 aliphatic heterocycles. The van der Waals surface area contributed by atoms with Crippen LogP contribution in [0.25, 0.3) is 16.9 Å². The van der Waals surface area contributed by atoms with Gasteiger partial charge in [-0.25, -0.2) is 31.9 Å². The molecule has 7 heterocycles. The van der Waals surface area contributed by atoms with Crippen LogP contribution < -0.4 is 25.8 Å². The number of imide groups is 1. The number of hydrogen-bond donors (Lipinski definition) is 3. The number of nitrogens with zero attached hydrogens (tertiary/aromatic N) is 8. The highest BCUT2D eigenvalue weighted by Crippen LogP contribution is 2.51. The number of imidazole rings is 1. The summed E-state index contributed by atoms with van der Waals surface area (Å²) in [4.78, 5) is 66.1. The van der Waals surface area contributed by atoms with Gasteiger partial charge in [-0.1, -0.05) is 18.2 Å². The van der Waals surface area contributed by atoms with E-state index in [1.807, 2.05) is 41.3 Å². The van der Waals surface area contributed by atoms with Crippen LogP contribution in [0.2, 0.25) is 0 Å². The molecule has 15 nitrogen and oxygen atoms in total. The van der Waals surface area contributed by atoms with E-state index >= 15 is 13.2 Å². The normalized spacial score (nSPS) is 21.3. The average Bonchev–Trinajstić information content (AvgIpc) is 3.57. The number of benzene rings is 2. The van der Waals surface area contributed by atoms with E-state index in [-0.39, 0.29) is 61.5 Å². The number of urea groups is 1. The first kappa shape index (κ1) is 40.4.